The fraction of sp³-hybridized carbons (Fsp3) is 0.353. The Labute approximate surface area is 154 Å². The topological polar surface area (TPSA) is 55.1 Å². The van der Waals surface area contributed by atoms with E-state index in [4.69, 9.17) is 0 Å². The van der Waals surface area contributed by atoms with Gasteiger partial charge in [0.25, 0.3) is 5.78 Å². The third-order valence-electron chi connectivity index (χ3n) is 4.56. The van der Waals surface area contributed by atoms with Crippen molar-refractivity contribution in [2.45, 2.75) is 38.2 Å². The zero-order valence-electron chi connectivity index (χ0n) is 14.2. The zero-order valence-corrected chi connectivity index (χ0v) is 14.2. The van der Waals surface area contributed by atoms with Crippen LogP contribution in [0.5, 0.6) is 0 Å². The smallest absolute Gasteiger partial charge is 0.366 e. The highest BCUT2D eigenvalue weighted by molar-refractivity contribution is 5.54. The average molecular weight is 401 g/mol. The Hall–Kier alpha value is -2.85. The number of hydrogen-bond donors (Lipinski definition) is 1. The minimum absolute atomic E-state index is 0.114. The molecule has 0 radical (unpaired) electrons. The second-order valence-corrected chi connectivity index (χ2v) is 6.48. The second-order valence-electron chi connectivity index (χ2n) is 6.48. The summed E-state index contributed by atoms with van der Waals surface area (Å²) in [6.07, 6.45) is -6.20. The molecule has 0 spiro atoms. The standard InChI is InChI=1S/C17H13F6N5/c18-16(19,20)10-4-9(5-11(6-10)17(21,22)23)7-24-14-12-2-1-3-13(12)27-15-25-8-26-28(14)15/h4-6,8,24H,1-3,7H2. The number of aromatic nitrogens is 4. The summed E-state index contributed by atoms with van der Waals surface area (Å²) in [5.41, 5.74) is -1.17. The molecule has 3 aromatic rings. The van der Waals surface area contributed by atoms with Gasteiger partial charge in [0.1, 0.15) is 12.1 Å². The van der Waals surface area contributed by atoms with Crippen LogP contribution in [0.2, 0.25) is 0 Å². The highest BCUT2D eigenvalue weighted by atomic mass is 19.4. The van der Waals surface area contributed by atoms with E-state index in [2.05, 4.69) is 20.4 Å². The highest BCUT2D eigenvalue weighted by Crippen LogP contribution is 2.36. The van der Waals surface area contributed by atoms with Crippen molar-refractivity contribution >= 4 is 11.6 Å². The maximum Gasteiger partial charge on any atom is 0.416 e. The summed E-state index contributed by atoms with van der Waals surface area (Å²) in [5, 5.41) is 6.98. The third kappa shape index (κ3) is 3.36. The van der Waals surface area contributed by atoms with Gasteiger partial charge in [-0.3, -0.25) is 0 Å². The third-order valence-corrected chi connectivity index (χ3v) is 4.56. The van der Waals surface area contributed by atoms with Crippen LogP contribution in [0.3, 0.4) is 0 Å². The van der Waals surface area contributed by atoms with E-state index in [0.29, 0.717) is 30.1 Å². The molecule has 0 unspecified atom stereocenters. The van der Waals surface area contributed by atoms with Crippen LogP contribution in [0, 0.1) is 0 Å². The van der Waals surface area contributed by atoms with E-state index in [1.807, 2.05) is 0 Å². The van der Waals surface area contributed by atoms with E-state index in [9.17, 15) is 26.3 Å². The molecule has 2 heterocycles. The van der Waals surface area contributed by atoms with Gasteiger partial charge >= 0.3 is 12.4 Å². The predicted molar refractivity (Wildman–Crippen MR) is 86.6 cm³/mol. The predicted octanol–water partition coefficient (Wildman–Crippen LogP) is 4.26. The van der Waals surface area contributed by atoms with E-state index in [1.54, 1.807) is 0 Å². The largest absolute Gasteiger partial charge is 0.416 e. The van der Waals surface area contributed by atoms with Crippen molar-refractivity contribution in [1.29, 1.82) is 0 Å². The second kappa shape index (κ2) is 6.35. The Balaban J connectivity index is 1.71. The first-order valence-electron chi connectivity index (χ1n) is 8.36. The number of fused-ring (bicyclic) bond motifs is 2. The lowest BCUT2D eigenvalue weighted by atomic mass is 10.0. The molecule has 0 fully saturated rings. The quantitative estimate of drug-likeness (QED) is 0.667. The van der Waals surface area contributed by atoms with Gasteiger partial charge in [0, 0.05) is 12.1 Å². The number of benzene rings is 1. The molecular formula is C17H13F6N5. The summed E-state index contributed by atoms with van der Waals surface area (Å²) in [5.74, 6) is 0.809. The molecule has 5 nitrogen and oxygen atoms in total. The van der Waals surface area contributed by atoms with Crippen molar-refractivity contribution in [2.24, 2.45) is 0 Å². The van der Waals surface area contributed by atoms with E-state index < -0.39 is 23.5 Å². The molecular weight excluding hydrogens is 388 g/mol. The fourth-order valence-corrected chi connectivity index (χ4v) is 3.31. The van der Waals surface area contributed by atoms with Crippen LogP contribution in [0.1, 0.15) is 34.4 Å². The summed E-state index contributed by atoms with van der Waals surface area (Å²) in [6.45, 7) is -0.238. The maximum absolute atomic E-state index is 13.0. The Morgan fingerprint density at radius 1 is 0.964 bits per heavy atom. The summed E-state index contributed by atoms with van der Waals surface area (Å²) in [7, 11) is 0. The lowest BCUT2D eigenvalue weighted by molar-refractivity contribution is -0.143. The SMILES string of the molecule is FC(F)(F)c1cc(CNc2c3c(nc4ncnn24)CCC3)cc(C(F)(F)F)c1. The molecule has 11 heteroatoms. The molecule has 0 aliphatic heterocycles. The van der Waals surface area contributed by atoms with Gasteiger partial charge in [-0.25, -0.2) is 4.98 Å². The van der Waals surface area contributed by atoms with Gasteiger partial charge in [-0.15, -0.1) is 0 Å². The molecule has 0 atom stereocenters. The van der Waals surface area contributed by atoms with Gasteiger partial charge in [0.15, 0.2) is 0 Å². The molecule has 1 aliphatic carbocycles. The van der Waals surface area contributed by atoms with E-state index in [0.717, 1.165) is 24.1 Å². The molecule has 1 aliphatic rings. The molecule has 28 heavy (non-hydrogen) atoms. The first kappa shape index (κ1) is 18.5. The first-order valence-corrected chi connectivity index (χ1v) is 8.36. The van der Waals surface area contributed by atoms with Gasteiger partial charge in [0.2, 0.25) is 0 Å². The van der Waals surface area contributed by atoms with Gasteiger partial charge < -0.3 is 5.32 Å². The normalized spacial score (nSPS) is 14.5. The number of aryl methyl sites for hydroxylation is 1. The Morgan fingerprint density at radius 2 is 1.64 bits per heavy atom. The highest BCUT2D eigenvalue weighted by Gasteiger charge is 2.36. The molecule has 0 saturated carbocycles. The Morgan fingerprint density at radius 3 is 2.29 bits per heavy atom. The molecule has 0 bridgehead atoms. The minimum Gasteiger partial charge on any atom is -0.366 e. The van der Waals surface area contributed by atoms with Crippen molar-refractivity contribution < 1.29 is 26.3 Å². The number of anilines is 1. The van der Waals surface area contributed by atoms with Crippen molar-refractivity contribution in [3.05, 3.63) is 52.5 Å². The van der Waals surface area contributed by atoms with Crippen LogP contribution in [-0.2, 0) is 31.7 Å². The fourth-order valence-electron chi connectivity index (χ4n) is 3.31. The van der Waals surface area contributed by atoms with E-state index in [-0.39, 0.29) is 18.2 Å². The number of nitrogens with zero attached hydrogens (tertiary/aromatic N) is 4. The molecule has 0 saturated heterocycles. The summed E-state index contributed by atoms with van der Waals surface area (Å²) >= 11 is 0. The monoisotopic (exact) mass is 401 g/mol. The van der Waals surface area contributed by atoms with Crippen LogP contribution in [0.25, 0.3) is 5.78 Å². The number of halogens is 6. The number of alkyl halides is 6. The minimum atomic E-state index is -4.88. The number of hydrogen-bond acceptors (Lipinski definition) is 4. The van der Waals surface area contributed by atoms with Crippen LogP contribution in [0.15, 0.2) is 24.5 Å². The molecule has 1 N–H and O–H groups in total. The van der Waals surface area contributed by atoms with E-state index in [1.165, 1.54) is 10.8 Å². The van der Waals surface area contributed by atoms with Crippen LogP contribution in [-0.4, -0.2) is 19.6 Å². The molecule has 2 aromatic heterocycles. The van der Waals surface area contributed by atoms with Crippen LogP contribution >= 0.6 is 0 Å². The molecule has 0 amide bonds. The van der Waals surface area contributed by atoms with Gasteiger partial charge in [-0.2, -0.15) is 40.9 Å². The van der Waals surface area contributed by atoms with E-state index >= 15 is 0 Å². The zero-order chi connectivity index (χ0) is 20.1. The summed E-state index contributed by atoms with van der Waals surface area (Å²) in [4.78, 5) is 8.38. The Kier molecular flexibility index (Phi) is 4.20. The molecule has 148 valence electrons. The van der Waals surface area contributed by atoms with Crippen molar-refractivity contribution in [3.63, 3.8) is 0 Å². The van der Waals surface area contributed by atoms with Crippen LogP contribution < -0.4 is 5.32 Å². The Bertz CT molecular complexity index is 1000. The molecule has 4 rings (SSSR count). The van der Waals surface area contributed by atoms with Crippen LogP contribution in [0.4, 0.5) is 32.2 Å². The summed E-state index contributed by atoms with van der Waals surface area (Å²) in [6, 6.07) is 1.54. The lowest BCUT2D eigenvalue weighted by Crippen LogP contribution is -2.14. The van der Waals surface area contributed by atoms with Crippen molar-refractivity contribution in [2.75, 3.05) is 5.32 Å². The van der Waals surface area contributed by atoms with Gasteiger partial charge in [-0.1, -0.05) is 0 Å². The average Bonchev–Trinajstić information content (AvgIpc) is 3.25. The van der Waals surface area contributed by atoms with Gasteiger partial charge in [-0.05, 0) is 43.0 Å². The van der Waals surface area contributed by atoms with Crippen molar-refractivity contribution in [1.82, 2.24) is 19.6 Å². The van der Waals surface area contributed by atoms with Gasteiger partial charge in [0.05, 0.1) is 16.8 Å². The van der Waals surface area contributed by atoms with Crippen molar-refractivity contribution in [3.8, 4) is 0 Å². The summed E-state index contributed by atoms with van der Waals surface area (Å²) < 4.78 is 79.6. The first-order chi connectivity index (χ1) is 13.1. The number of nitrogens with one attached hydrogen (secondary N) is 1. The maximum atomic E-state index is 13.0. The lowest BCUT2D eigenvalue weighted by Gasteiger charge is -2.16. The molecule has 1 aromatic carbocycles. The number of rotatable bonds is 3.